The molecule has 0 saturated carbocycles. The molecule has 0 radical (unpaired) electrons. The van der Waals surface area contributed by atoms with Crippen molar-refractivity contribution < 1.29 is 18.0 Å². The van der Waals surface area contributed by atoms with Gasteiger partial charge < -0.3 is 9.80 Å². The number of piperazine rings is 1. The summed E-state index contributed by atoms with van der Waals surface area (Å²) in [7, 11) is -3.72. The fourth-order valence-electron chi connectivity index (χ4n) is 4.51. The van der Waals surface area contributed by atoms with Crippen LogP contribution in [0.1, 0.15) is 30.5 Å². The monoisotopic (exact) mass is 475 g/mol. The molecule has 4 rings (SSSR count). The van der Waals surface area contributed by atoms with E-state index in [1.807, 2.05) is 24.3 Å². The highest BCUT2D eigenvalue weighted by molar-refractivity contribution is 7.89. The van der Waals surface area contributed by atoms with Crippen molar-refractivity contribution in [2.24, 2.45) is 0 Å². The van der Waals surface area contributed by atoms with Gasteiger partial charge in [0.05, 0.1) is 17.5 Å². The maximum atomic E-state index is 13.1. The van der Waals surface area contributed by atoms with Crippen LogP contribution in [-0.2, 0) is 26.0 Å². The van der Waals surface area contributed by atoms with Gasteiger partial charge in [0.1, 0.15) is 4.90 Å². The van der Waals surface area contributed by atoms with Crippen LogP contribution in [0.3, 0.4) is 0 Å². The average molecular weight is 476 g/mol. The maximum Gasteiger partial charge on any atom is 0.244 e. The lowest BCUT2D eigenvalue weighted by atomic mass is 9.90. The van der Waals surface area contributed by atoms with E-state index in [-0.39, 0.29) is 47.3 Å². The topological polar surface area (TPSA) is 78.0 Å². The van der Waals surface area contributed by atoms with Crippen LogP contribution in [0.15, 0.2) is 53.4 Å². The highest BCUT2D eigenvalue weighted by Crippen LogP contribution is 2.33. The Kier molecular flexibility index (Phi) is 6.55. The van der Waals surface area contributed by atoms with Crippen LogP contribution in [0.2, 0.25) is 5.02 Å². The summed E-state index contributed by atoms with van der Waals surface area (Å²) in [4.78, 5) is 28.9. The number of benzene rings is 2. The largest absolute Gasteiger partial charge is 0.340 e. The van der Waals surface area contributed by atoms with E-state index < -0.39 is 10.0 Å². The third-order valence-electron chi connectivity index (χ3n) is 6.23. The first-order chi connectivity index (χ1) is 15.3. The van der Waals surface area contributed by atoms with E-state index in [2.05, 4.69) is 0 Å². The second kappa shape index (κ2) is 9.21. The van der Waals surface area contributed by atoms with Gasteiger partial charge in [0.25, 0.3) is 0 Å². The molecule has 2 aliphatic rings. The lowest BCUT2D eigenvalue weighted by Crippen LogP contribution is -2.51. The molecule has 0 bridgehead atoms. The summed E-state index contributed by atoms with van der Waals surface area (Å²) in [6, 6.07) is 14.0. The molecule has 0 aromatic heterocycles. The Morgan fingerprint density at radius 3 is 2.31 bits per heavy atom. The average Bonchev–Trinajstić information content (AvgIpc) is 2.79. The molecule has 7 nitrogen and oxygen atoms in total. The van der Waals surface area contributed by atoms with Gasteiger partial charge in [-0.1, -0.05) is 48.0 Å². The molecule has 2 amide bonds. The summed E-state index contributed by atoms with van der Waals surface area (Å²) in [5.74, 6) is -0.124. The first-order valence-corrected chi connectivity index (χ1v) is 12.5. The molecular weight excluding hydrogens is 450 g/mol. The first-order valence-electron chi connectivity index (χ1n) is 10.7. The Hall–Kier alpha value is -2.42. The van der Waals surface area contributed by atoms with Crippen molar-refractivity contribution in [1.29, 1.82) is 0 Å². The van der Waals surface area contributed by atoms with E-state index in [0.717, 1.165) is 12.0 Å². The number of nitrogens with zero attached hydrogens (tertiary/aromatic N) is 3. The lowest BCUT2D eigenvalue weighted by Gasteiger charge is -2.39. The SMILES string of the molecule is CC(=O)N1CCc2ccccc2C1CC(=O)N1CCN(S(=O)(=O)c2ccccc2Cl)CC1. The summed E-state index contributed by atoms with van der Waals surface area (Å²) >= 11 is 6.09. The zero-order valence-corrected chi connectivity index (χ0v) is 19.5. The third kappa shape index (κ3) is 4.40. The van der Waals surface area contributed by atoms with Crippen molar-refractivity contribution in [3.63, 3.8) is 0 Å². The van der Waals surface area contributed by atoms with E-state index in [1.165, 1.54) is 22.9 Å². The van der Waals surface area contributed by atoms with Crippen LogP contribution in [0.4, 0.5) is 0 Å². The highest BCUT2D eigenvalue weighted by Gasteiger charge is 2.35. The number of sulfonamides is 1. The predicted octanol–water partition coefficient (Wildman–Crippen LogP) is 2.71. The van der Waals surface area contributed by atoms with Gasteiger partial charge in [-0.3, -0.25) is 9.59 Å². The number of amides is 2. The minimum Gasteiger partial charge on any atom is -0.340 e. The van der Waals surface area contributed by atoms with Crippen LogP contribution in [0.25, 0.3) is 0 Å². The Bertz CT molecular complexity index is 1130. The molecule has 1 unspecified atom stereocenters. The predicted molar refractivity (Wildman–Crippen MR) is 122 cm³/mol. The van der Waals surface area contributed by atoms with Gasteiger partial charge in [-0.2, -0.15) is 4.31 Å². The summed E-state index contributed by atoms with van der Waals surface area (Å²) < 4.78 is 27.3. The maximum absolute atomic E-state index is 13.1. The van der Waals surface area contributed by atoms with Crippen LogP contribution in [-0.4, -0.2) is 67.1 Å². The van der Waals surface area contributed by atoms with Crippen molar-refractivity contribution in [1.82, 2.24) is 14.1 Å². The molecule has 32 heavy (non-hydrogen) atoms. The van der Waals surface area contributed by atoms with Crippen LogP contribution in [0, 0.1) is 0 Å². The van der Waals surface area contributed by atoms with Crippen LogP contribution >= 0.6 is 11.6 Å². The summed E-state index contributed by atoms with van der Waals surface area (Å²) in [5.41, 5.74) is 2.18. The van der Waals surface area contributed by atoms with Crippen LogP contribution in [0.5, 0.6) is 0 Å². The number of fused-ring (bicyclic) bond motifs is 1. The molecule has 2 aromatic carbocycles. The summed E-state index contributed by atoms with van der Waals surface area (Å²) in [6.07, 6.45) is 0.965. The molecule has 1 saturated heterocycles. The molecule has 9 heteroatoms. The molecular formula is C23H26ClN3O4S. The zero-order valence-electron chi connectivity index (χ0n) is 17.9. The number of halogens is 1. The van der Waals surface area contributed by atoms with E-state index in [4.69, 9.17) is 11.6 Å². The fraction of sp³-hybridized carbons (Fsp3) is 0.391. The molecule has 2 aromatic rings. The Labute approximate surface area is 193 Å². The number of carbonyl (C=O) groups excluding carboxylic acids is 2. The molecule has 1 atom stereocenters. The Morgan fingerprint density at radius 1 is 0.969 bits per heavy atom. The highest BCUT2D eigenvalue weighted by atomic mass is 35.5. The van der Waals surface area contributed by atoms with Gasteiger partial charge in [0.15, 0.2) is 0 Å². The van der Waals surface area contributed by atoms with Crippen molar-refractivity contribution in [2.45, 2.75) is 30.7 Å². The third-order valence-corrected chi connectivity index (χ3v) is 8.63. The van der Waals surface area contributed by atoms with Gasteiger partial charge >= 0.3 is 0 Å². The van der Waals surface area contributed by atoms with Crippen LogP contribution < -0.4 is 0 Å². The van der Waals surface area contributed by atoms with Gasteiger partial charge in [0, 0.05) is 39.6 Å². The fourth-order valence-corrected chi connectivity index (χ4v) is 6.43. The molecule has 2 aliphatic heterocycles. The Balaban J connectivity index is 1.45. The van der Waals surface area contributed by atoms with Gasteiger partial charge in [-0.15, -0.1) is 0 Å². The van der Waals surface area contributed by atoms with Crippen molar-refractivity contribution >= 4 is 33.4 Å². The Morgan fingerprint density at radius 2 is 1.62 bits per heavy atom. The van der Waals surface area contributed by atoms with E-state index in [9.17, 15) is 18.0 Å². The number of rotatable bonds is 4. The van der Waals surface area contributed by atoms with Gasteiger partial charge in [0.2, 0.25) is 21.8 Å². The van der Waals surface area contributed by atoms with Gasteiger partial charge in [-0.25, -0.2) is 8.42 Å². The molecule has 0 N–H and O–H groups in total. The second-order valence-corrected chi connectivity index (χ2v) is 10.4. The number of hydrogen-bond acceptors (Lipinski definition) is 4. The summed E-state index contributed by atoms with van der Waals surface area (Å²) in [5, 5.41) is 0.186. The zero-order chi connectivity index (χ0) is 22.9. The quantitative estimate of drug-likeness (QED) is 0.681. The van der Waals surface area contributed by atoms with E-state index in [0.29, 0.717) is 19.6 Å². The molecule has 0 aliphatic carbocycles. The summed E-state index contributed by atoms with van der Waals surface area (Å²) in [6.45, 7) is 3.14. The van der Waals surface area contributed by atoms with E-state index in [1.54, 1.807) is 28.0 Å². The number of carbonyl (C=O) groups is 2. The minimum absolute atomic E-state index is 0.0482. The smallest absolute Gasteiger partial charge is 0.244 e. The normalized spacial score (nSPS) is 19.5. The van der Waals surface area contributed by atoms with Crippen molar-refractivity contribution in [2.75, 3.05) is 32.7 Å². The molecule has 170 valence electrons. The molecule has 1 fully saturated rings. The molecule has 2 heterocycles. The second-order valence-electron chi connectivity index (χ2n) is 8.10. The van der Waals surface area contributed by atoms with Crippen molar-refractivity contribution in [3.05, 3.63) is 64.7 Å². The van der Waals surface area contributed by atoms with E-state index >= 15 is 0 Å². The number of hydrogen-bond donors (Lipinski definition) is 0. The standard InChI is InChI=1S/C23H26ClN3O4S/c1-17(28)27-11-10-18-6-2-3-7-19(18)21(27)16-23(29)25-12-14-26(15-13-25)32(30,31)22-9-5-4-8-20(22)24/h2-9,21H,10-16H2,1H3. The minimum atomic E-state index is -3.72. The molecule has 0 spiro atoms. The van der Waals surface area contributed by atoms with Gasteiger partial charge in [-0.05, 0) is 29.7 Å². The van der Waals surface area contributed by atoms with Crippen molar-refractivity contribution in [3.8, 4) is 0 Å². The lowest BCUT2D eigenvalue weighted by molar-refractivity contribution is -0.137. The first kappa shape index (κ1) is 22.8.